The molecule has 2 N–H and O–H groups in total. The van der Waals surface area contributed by atoms with Gasteiger partial charge in [-0.1, -0.05) is 20.8 Å². The molecular weight excluding hydrogens is 226 g/mol. The third-order valence-electron chi connectivity index (χ3n) is 3.24. The van der Waals surface area contributed by atoms with Crippen LogP contribution in [0.4, 0.5) is 0 Å². The first-order valence-corrected chi connectivity index (χ1v) is 6.50. The zero-order chi connectivity index (χ0) is 13.8. The molecule has 0 aromatic carbocycles. The van der Waals surface area contributed by atoms with Gasteiger partial charge in [0.1, 0.15) is 0 Å². The molecular formula is C14H25N3O. The van der Waals surface area contributed by atoms with Crippen molar-refractivity contribution < 1.29 is 5.11 Å². The van der Waals surface area contributed by atoms with E-state index in [0.29, 0.717) is 0 Å². The van der Waals surface area contributed by atoms with Crippen LogP contribution in [0.25, 0.3) is 0 Å². The molecule has 0 saturated carbocycles. The average molecular weight is 251 g/mol. The van der Waals surface area contributed by atoms with E-state index in [2.05, 4.69) is 43.0 Å². The summed E-state index contributed by atoms with van der Waals surface area (Å²) in [4.78, 5) is 8.65. The molecule has 1 aromatic rings. The van der Waals surface area contributed by atoms with Crippen molar-refractivity contribution in [3.8, 4) is 0 Å². The largest absolute Gasteiger partial charge is 0.396 e. The quantitative estimate of drug-likeness (QED) is 0.842. The Labute approximate surface area is 110 Å². The van der Waals surface area contributed by atoms with Gasteiger partial charge in [0.25, 0.3) is 0 Å². The Morgan fingerprint density at radius 1 is 1.28 bits per heavy atom. The standard InChI is InChI=1S/C14H25N3O/c1-10-13(16-8-7-15-10)11(2)17-12(6-9-18)14(3,4)5/h7-8,11-12,17-18H,6,9H2,1-5H3. The van der Waals surface area contributed by atoms with Crippen LogP contribution in [0.5, 0.6) is 0 Å². The minimum Gasteiger partial charge on any atom is -0.396 e. The van der Waals surface area contributed by atoms with Gasteiger partial charge in [0.15, 0.2) is 0 Å². The summed E-state index contributed by atoms with van der Waals surface area (Å²) in [6, 6.07) is 0.383. The topological polar surface area (TPSA) is 58.0 Å². The van der Waals surface area contributed by atoms with E-state index < -0.39 is 0 Å². The summed E-state index contributed by atoms with van der Waals surface area (Å²) in [7, 11) is 0. The first kappa shape index (κ1) is 15.1. The number of rotatable bonds is 5. The molecule has 0 bridgehead atoms. The SMILES string of the molecule is Cc1nccnc1C(C)NC(CCO)C(C)(C)C. The van der Waals surface area contributed by atoms with Crippen LogP contribution in [0.15, 0.2) is 12.4 Å². The molecule has 0 radical (unpaired) electrons. The second-order valence-electron chi connectivity index (χ2n) is 5.85. The monoisotopic (exact) mass is 251 g/mol. The van der Waals surface area contributed by atoms with Gasteiger partial charge in [0, 0.05) is 31.1 Å². The summed E-state index contributed by atoms with van der Waals surface area (Å²) in [5.41, 5.74) is 2.03. The van der Waals surface area contributed by atoms with E-state index in [0.717, 1.165) is 17.8 Å². The number of aliphatic hydroxyl groups excluding tert-OH is 1. The lowest BCUT2D eigenvalue weighted by atomic mass is 9.84. The molecule has 0 aliphatic carbocycles. The molecule has 1 rings (SSSR count). The normalized spacial score (nSPS) is 15.4. The van der Waals surface area contributed by atoms with Crippen molar-refractivity contribution in [2.24, 2.45) is 5.41 Å². The zero-order valence-corrected chi connectivity index (χ0v) is 12.1. The minimum absolute atomic E-state index is 0.104. The second-order valence-corrected chi connectivity index (χ2v) is 5.85. The summed E-state index contributed by atoms with van der Waals surface area (Å²) in [6.07, 6.45) is 4.17. The molecule has 4 nitrogen and oxygen atoms in total. The van der Waals surface area contributed by atoms with Crippen molar-refractivity contribution in [3.63, 3.8) is 0 Å². The maximum absolute atomic E-state index is 9.17. The van der Waals surface area contributed by atoms with Crippen LogP contribution in [-0.2, 0) is 0 Å². The van der Waals surface area contributed by atoms with E-state index >= 15 is 0 Å². The lowest BCUT2D eigenvalue weighted by Gasteiger charge is -2.33. The maximum Gasteiger partial charge on any atom is 0.0782 e. The molecule has 0 amide bonds. The lowest BCUT2D eigenvalue weighted by molar-refractivity contribution is 0.187. The van der Waals surface area contributed by atoms with Gasteiger partial charge in [0.2, 0.25) is 0 Å². The number of nitrogens with zero attached hydrogens (tertiary/aromatic N) is 2. The van der Waals surface area contributed by atoms with Crippen molar-refractivity contribution >= 4 is 0 Å². The van der Waals surface area contributed by atoms with E-state index in [-0.39, 0.29) is 24.1 Å². The number of aliphatic hydroxyl groups is 1. The van der Waals surface area contributed by atoms with Crippen LogP contribution in [0.2, 0.25) is 0 Å². The van der Waals surface area contributed by atoms with Crippen LogP contribution in [-0.4, -0.2) is 27.7 Å². The van der Waals surface area contributed by atoms with Crippen molar-refractivity contribution in [2.75, 3.05) is 6.61 Å². The van der Waals surface area contributed by atoms with Crippen molar-refractivity contribution in [1.82, 2.24) is 15.3 Å². The fraction of sp³-hybridized carbons (Fsp3) is 0.714. The molecule has 0 saturated heterocycles. The summed E-state index contributed by atoms with van der Waals surface area (Å²) < 4.78 is 0. The molecule has 4 heteroatoms. The molecule has 0 fully saturated rings. The number of aromatic nitrogens is 2. The number of hydrogen-bond acceptors (Lipinski definition) is 4. The van der Waals surface area contributed by atoms with Crippen molar-refractivity contribution in [1.29, 1.82) is 0 Å². The smallest absolute Gasteiger partial charge is 0.0782 e. The van der Waals surface area contributed by atoms with E-state index in [9.17, 15) is 5.11 Å². The van der Waals surface area contributed by atoms with Crippen molar-refractivity contribution in [3.05, 3.63) is 23.8 Å². The van der Waals surface area contributed by atoms with Gasteiger partial charge >= 0.3 is 0 Å². The summed E-state index contributed by atoms with van der Waals surface area (Å²) >= 11 is 0. The first-order valence-electron chi connectivity index (χ1n) is 6.50. The second kappa shape index (κ2) is 6.25. The highest BCUT2D eigenvalue weighted by atomic mass is 16.3. The van der Waals surface area contributed by atoms with Crippen LogP contribution in [0.3, 0.4) is 0 Å². The maximum atomic E-state index is 9.17. The Hall–Kier alpha value is -1.00. The number of aryl methyl sites for hydroxylation is 1. The van der Waals surface area contributed by atoms with E-state index in [1.807, 2.05) is 6.92 Å². The molecule has 18 heavy (non-hydrogen) atoms. The third-order valence-corrected chi connectivity index (χ3v) is 3.24. The first-order chi connectivity index (χ1) is 8.36. The lowest BCUT2D eigenvalue weighted by Crippen LogP contribution is -2.42. The van der Waals surface area contributed by atoms with Gasteiger partial charge in [0.05, 0.1) is 11.4 Å². The zero-order valence-electron chi connectivity index (χ0n) is 12.1. The number of nitrogens with one attached hydrogen (secondary N) is 1. The fourth-order valence-electron chi connectivity index (χ4n) is 2.12. The molecule has 2 unspecified atom stereocenters. The minimum atomic E-state index is 0.104. The molecule has 2 atom stereocenters. The predicted octanol–water partition coefficient (Wildman–Crippen LogP) is 2.23. The molecule has 102 valence electrons. The summed E-state index contributed by atoms with van der Waals surface area (Å²) in [5.74, 6) is 0. The van der Waals surface area contributed by atoms with Crippen LogP contribution in [0.1, 0.15) is 51.5 Å². The van der Waals surface area contributed by atoms with Gasteiger partial charge in [-0.05, 0) is 25.7 Å². The van der Waals surface area contributed by atoms with Crippen LogP contribution in [0, 0.1) is 12.3 Å². The van der Waals surface area contributed by atoms with Gasteiger partial charge in [-0.2, -0.15) is 0 Å². The Balaban J connectivity index is 2.79. The van der Waals surface area contributed by atoms with E-state index in [4.69, 9.17) is 0 Å². The Morgan fingerprint density at radius 3 is 2.39 bits per heavy atom. The molecule has 0 aliphatic rings. The van der Waals surface area contributed by atoms with E-state index in [1.54, 1.807) is 12.4 Å². The highest BCUT2D eigenvalue weighted by molar-refractivity contribution is 5.12. The molecule has 1 heterocycles. The predicted molar refractivity (Wildman–Crippen MR) is 73.3 cm³/mol. The number of hydrogen-bond donors (Lipinski definition) is 2. The van der Waals surface area contributed by atoms with Gasteiger partial charge in [-0.3, -0.25) is 9.97 Å². The van der Waals surface area contributed by atoms with Gasteiger partial charge in [-0.25, -0.2) is 0 Å². The van der Waals surface area contributed by atoms with Crippen molar-refractivity contribution in [2.45, 2.75) is 53.1 Å². The average Bonchev–Trinajstić information content (AvgIpc) is 2.27. The highest BCUT2D eigenvalue weighted by Crippen LogP contribution is 2.24. The van der Waals surface area contributed by atoms with Crippen LogP contribution < -0.4 is 5.32 Å². The van der Waals surface area contributed by atoms with Gasteiger partial charge < -0.3 is 10.4 Å². The molecule has 0 spiro atoms. The Morgan fingerprint density at radius 2 is 1.89 bits per heavy atom. The summed E-state index contributed by atoms with van der Waals surface area (Å²) in [6.45, 7) is 10.8. The summed E-state index contributed by atoms with van der Waals surface area (Å²) in [5, 5.41) is 12.7. The fourth-order valence-corrected chi connectivity index (χ4v) is 2.12. The molecule has 1 aromatic heterocycles. The van der Waals surface area contributed by atoms with Crippen LogP contribution >= 0.6 is 0 Å². The Kier molecular flexibility index (Phi) is 5.23. The molecule has 0 aliphatic heterocycles. The third kappa shape index (κ3) is 4.03. The van der Waals surface area contributed by atoms with E-state index in [1.165, 1.54) is 0 Å². The van der Waals surface area contributed by atoms with Gasteiger partial charge in [-0.15, -0.1) is 0 Å². The Bertz CT molecular complexity index is 374. The highest BCUT2D eigenvalue weighted by Gasteiger charge is 2.26.